The predicted molar refractivity (Wildman–Crippen MR) is 86.3 cm³/mol. The van der Waals surface area contributed by atoms with Gasteiger partial charge in [-0.3, -0.25) is 0 Å². The molecule has 1 unspecified atom stereocenters. The van der Waals surface area contributed by atoms with Crippen molar-refractivity contribution >= 4 is 8.32 Å². The minimum atomic E-state index is -1.77. The second-order valence-corrected chi connectivity index (χ2v) is 13.1. The van der Waals surface area contributed by atoms with E-state index in [1.54, 1.807) is 0 Å². The summed E-state index contributed by atoms with van der Waals surface area (Å²) >= 11 is 0. The van der Waals surface area contributed by atoms with Crippen LogP contribution in [0.25, 0.3) is 0 Å². The zero-order valence-electron chi connectivity index (χ0n) is 14.2. The number of aliphatic hydroxyl groups excluding tert-OH is 2. The quantitative estimate of drug-likeness (QED) is 0.764. The Bertz CT molecular complexity index is 309. The molecule has 1 fully saturated rings. The van der Waals surface area contributed by atoms with Crippen LogP contribution < -0.4 is 0 Å². The Labute approximate surface area is 125 Å². The first-order valence-electron chi connectivity index (χ1n) is 7.96. The van der Waals surface area contributed by atoms with Gasteiger partial charge in [-0.2, -0.15) is 0 Å². The Morgan fingerprint density at radius 1 is 1.30 bits per heavy atom. The van der Waals surface area contributed by atoms with Crippen molar-refractivity contribution in [2.24, 2.45) is 11.3 Å². The molecule has 0 saturated heterocycles. The van der Waals surface area contributed by atoms with Crippen molar-refractivity contribution in [3.05, 3.63) is 0 Å². The van der Waals surface area contributed by atoms with Gasteiger partial charge >= 0.3 is 0 Å². The van der Waals surface area contributed by atoms with Gasteiger partial charge in [0.1, 0.15) is 0 Å². The maximum Gasteiger partial charge on any atom is 0.192 e. The van der Waals surface area contributed by atoms with Crippen LogP contribution in [0.1, 0.15) is 53.4 Å². The van der Waals surface area contributed by atoms with Gasteiger partial charge in [-0.05, 0) is 43.3 Å². The van der Waals surface area contributed by atoms with Crippen LogP contribution in [0.4, 0.5) is 0 Å². The molecule has 20 heavy (non-hydrogen) atoms. The molecule has 0 bridgehead atoms. The molecule has 1 aliphatic carbocycles. The molecule has 120 valence electrons. The molecule has 1 rings (SSSR count). The van der Waals surface area contributed by atoms with Crippen LogP contribution in [0.5, 0.6) is 0 Å². The normalized spacial score (nSPS) is 32.4. The summed E-state index contributed by atoms with van der Waals surface area (Å²) in [7, 11) is -1.77. The molecular formula is C16H34O3Si. The van der Waals surface area contributed by atoms with Gasteiger partial charge in [0, 0.05) is 18.6 Å². The monoisotopic (exact) mass is 302 g/mol. The lowest BCUT2D eigenvalue weighted by molar-refractivity contribution is -0.0721. The van der Waals surface area contributed by atoms with Gasteiger partial charge in [0.05, 0.1) is 6.10 Å². The van der Waals surface area contributed by atoms with Crippen LogP contribution in [0.3, 0.4) is 0 Å². The standard InChI is InChI=1S/C16H34O3Si/c1-15(2,3)20(5,6)19-12-16(4)10-7-8-13(9-11-17)14(16)18/h13-14,17-18H,7-12H2,1-6H3/t13?,14-,16-/m1/s1. The molecule has 0 spiro atoms. The van der Waals surface area contributed by atoms with E-state index in [0.717, 1.165) is 19.3 Å². The zero-order valence-corrected chi connectivity index (χ0v) is 15.2. The van der Waals surface area contributed by atoms with Gasteiger partial charge in [0.15, 0.2) is 8.32 Å². The number of aliphatic hydroxyl groups is 2. The van der Waals surface area contributed by atoms with E-state index in [0.29, 0.717) is 13.0 Å². The second-order valence-electron chi connectivity index (χ2n) is 8.31. The molecule has 0 amide bonds. The summed E-state index contributed by atoms with van der Waals surface area (Å²) in [6.07, 6.45) is 3.52. The molecule has 1 saturated carbocycles. The van der Waals surface area contributed by atoms with Crippen molar-refractivity contribution in [1.82, 2.24) is 0 Å². The maximum atomic E-state index is 10.6. The van der Waals surface area contributed by atoms with E-state index in [1.165, 1.54) is 0 Å². The average Bonchev–Trinajstić information content (AvgIpc) is 2.32. The topological polar surface area (TPSA) is 49.7 Å². The fourth-order valence-corrected chi connectivity index (χ4v) is 3.95. The molecule has 2 N–H and O–H groups in total. The van der Waals surface area contributed by atoms with Crippen LogP contribution in [-0.4, -0.2) is 37.8 Å². The van der Waals surface area contributed by atoms with Crippen molar-refractivity contribution in [2.45, 2.75) is 77.6 Å². The molecule has 0 aromatic rings. The fraction of sp³-hybridized carbons (Fsp3) is 1.00. The Morgan fingerprint density at radius 2 is 1.90 bits per heavy atom. The first-order valence-corrected chi connectivity index (χ1v) is 10.9. The Hall–Kier alpha value is 0.0969. The van der Waals surface area contributed by atoms with Crippen LogP contribution >= 0.6 is 0 Å². The Balaban J connectivity index is 2.69. The summed E-state index contributed by atoms with van der Waals surface area (Å²) < 4.78 is 6.35. The van der Waals surface area contributed by atoms with Crippen LogP contribution in [-0.2, 0) is 4.43 Å². The van der Waals surface area contributed by atoms with E-state index in [4.69, 9.17) is 9.53 Å². The van der Waals surface area contributed by atoms with Crippen LogP contribution in [0.2, 0.25) is 18.1 Å². The summed E-state index contributed by atoms with van der Waals surface area (Å²) in [5.41, 5.74) is -0.159. The highest BCUT2D eigenvalue weighted by Gasteiger charge is 2.44. The molecule has 0 radical (unpaired) electrons. The van der Waals surface area contributed by atoms with E-state index in [2.05, 4.69) is 40.8 Å². The van der Waals surface area contributed by atoms with Crippen LogP contribution in [0, 0.1) is 11.3 Å². The van der Waals surface area contributed by atoms with Gasteiger partial charge < -0.3 is 14.6 Å². The third-order valence-electron chi connectivity index (χ3n) is 5.55. The van der Waals surface area contributed by atoms with Crippen LogP contribution in [0.15, 0.2) is 0 Å². The second kappa shape index (κ2) is 6.47. The SMILES string of the molecule is CC(C)(C)[Si](C)(C)OC[C@@]1(C)CCCC(CCO)[C@H]1O. The van der Waals surface area contributed by atoms with Gasteiger partial charge in [-0.1, -0.05) is 34.1 Å². The highest BCUT2D eigenvalue weighted by atomic mass is 28.4. The van der Waals surface area contributed by atoms with Crippen molar-refractivity contribution in [2.75, 3.05) is 13.2 Å². The Morgan fingerprint density at radius 3 is 2.40 bits per heavy atom. The smallest absolute Gasteiger partial charge is 0.192 e. The van der Waals surface area contributed by atoms with E-state index >= 15 is 0 Å². The van der Waals surface area contributed by atoms with Gasteiger partial charge in [-0.15, -0.1) is 0 Å². The Kier molecular flexibility index (Phi) is 5.87. The van der Waals surface area contributed by atoms with Crippen molar-refractivity contribution < 1.29 is 14.6 Å². The fourth-order valence-electron chi connectivity index (χ4n) is 2.83. The van der Waals surface area contributed by atoms with Gasteiger partial charge in [0.25, 0.3) is 0 Å². The summed E-state index contributed by atoms with van der Waals surface area (Å²) in [6, 6.07) is 0. The highest BCUT2D eigenvalue weighted by molar-refractivity contribution is 6.74. The summed E-state index contributed by atoms with van der Waals surface area (Å²) in [6.45, 7) is 14.2. The number of hydrogen-bond acceptors (Lipinski definition) is 3. The maximum absolute atomic E-state index is 10.6. The molecule has 0 aromatic heterocycles. The molecule has 0 aliphatic heterocycles. The van der Waals surface area contributed by atoms with E-state index in [1.807, 2.05) is 0 Å². The lowest BCUT2D eigenvalue weighted by atomic mass is 9.68. The third-order valence-corrected chi connectivity index (χ3v) is 10.0. The highest BCUT2D eigenvalue weighted by Crippen LogP contribution is 2.43. The third kappa shape index (κ3) is 4.06. The molecule has 3 atom stereocenters. The molecule has 3 nitrogen and oxygen atoms in total. The summed E-state index contributed by atoms with van der Waals surface area (Å²) in [5, 5.41) is 20.0. The van der Waals surface area contributed by atoms with Gasteiger partial charge in [0.2, 0.25) is 0 Å². The van der Waals surface area contributed by atoms with Gasteiger partial charge in [-0.25, -0.2) is 0 Å². The van der Waals surface area contributed by atoms with E-state index in [-0.39, 0.29) is 29.1 Å². The predicted octanol–water partition coefficient (Wildman–Crippen LogP) is 3.56. The lowest BCUT2D eigenvalue weighted by Gasteiger charge is -2.46. The van der Waals surface area contributed by atoms with E-state index < -0.39 is 8.32 Å². The first-order chi connectivity index (χ1) is 9.03. The lowest BCUT2D eigenvalue weighted by Crippen LogP contribution is -2.49. The molecular weight excluding hydrogens is 268 g/mol. The zero-order chi connectivity index (χ0) is 15.6. The molecule has 1 aliphatic rings. The largest absolute Gasteiger partial charge is 0.416 e. The molecule has 0 aromatic carbocycles. The minimum Gasteiger partial charge on any atom is -0.416 e. The first kappa shape index (κ1) is 18.1. The van der Waals surface area contributed by atoms with Crippen molar-refractivity contribution in [3.8, 4) is 0 Å². The molecule has 0 heterocycles. The van der Waals surface area contributed by atoms with E-state index in [9.17, 15) is 5.11 Å². The van der Waals surface area contributed by atoms with Crippen molar-refractivity contribution in [1.29, 1.82) is 0 Å². The average molecular weight is 303 g/mol. The number of rotatable bonds is 5. The minimum absolute atomic E-state index is 0.159. The molecule has 4 heteroatoms. The summed E-state index contributed by atoms with van der Waals surface area (Å²) in [5.74, 6) is 0.224. The summed E-state index contributed by atoms with van der Waals surface area (Å²) in [4.78, 5) is 0. The van der Waals surface area contributed by atoms with Crippen molar-refractivity contribution in [3.63, 3.8) is 0 Å². The number of hydrogen-bond donors (Lipinski definition) is 2.